The van der Waals surface area contributed by atoms with E-state index in [2.05, 4.69) is 24.4 Å². The fourth-order valence-corrected chi connectivity index (χ4v) is 7.56. The van der Waals surface area contributed by atoms with Gasteiger partial charge in [0.05, 0.1) is 6.54 Å². The summed E-state index contributed by atoms with van der Waals surface area (Å²) in [4.78, 5) is 26.4. The van der Waals surface area contributed by atoms with Crippen LogP contribution in [-0.2, 0) is 11.3 Å². The summed E-state index contributed by atoms with van der Waals surface area (Å²) in [5.74, 6) is 2.63. The summed E-state index contributed by atoms with van der Waals surface area (Å²) < 4.78 is 1.76. The normalized spacial score (nSPS) is 27.7. The smallest absolute Gasteiger partial charge is 0.258 e. The molecule has 4 fully saturated rings. The van der Waals surface area contributed by atoms with E-state index in [0.29, 0.717) is 18.4 Å². The standard InChI is InChI=1S/C29H32N2O2/c1-19-5-2-3-6-23(19)18-31-10-9-24-25(28(31)33)7-4-8-26(24)30-27(32)17-29-14-20-11-21(15-29)13-22(12-20)16-29/h2-10,20-22H,11-18H2,1H3,(H,30,32). The van der Waals surface area contributed by atoms with Crippen LogP contribution in [0.5, 0.6) is 0 Å². The maximum Gasteiger partial charge on any atom is 0.258 e. The fraction of sp³-hybridized carbons (Fsp3) is 0.448. The molecule has 4 saturated carbocycles. The number of aryl methyl sites for hydroxylation is 1. The molecule has 2 aromatic carbocycles. The summed E-state index contributed by atoms with van der Waals surface area (Å²) in [6.07, 6.45) is 10.3. The highest BCUT2D eigenvalue weighted by Gasteiger charge is 2.51. The lowest BCUT2D eigenvalue weighted by atomic mass is 9.49. The Balaban J connectivity index is 1.24. The average Bonchev–Trinajstić information content (AvgIpc) is 2.76. The molecule has 4 bridgehead atoms. The lowest BCUT2D eigenvalue weighted by Crippen LogP contribution is -2.47. The molecule has 1 N–H and O–H groups in total. The van der Waals surface area contributed by atoms with E-state index in [1.807, 2.05) is 42.6 Å². The van der Waals surface area contributed by atoms with Crippen molar-refractivity contribution in [3.8, 4) is 0 Å². The molecular formula is C29H32N2O2. The predicted octanol–water partition coefficient (Wildman–Crippen LogP) is 5.90. The van der Waals surface area contributed by atoms with Crippen molar-refractivity contribution < 1.29 is 4.79 Å². The van der Waals surface area contributed by atoms with E-state index in [9.17, 15) is 9.59 Å². The number of fused-ring (bicyclic) bond motifs is 1. The highest BCUT2D eigenvalue weighted by atomic mass is 16.1. The topological polar surface area (TPSA) is 51.1 Å². The minimum atomic E-state index is -0.0204. The molecule has 4 aliphatic rings. The average molecular weight is 441 g/mol. The van der Waals surface area contributed by atoms with E-state index in [0.717, 1.165) is 34.4 Å². The molecule has 0 unspecified atom stereocenters. The van der Waals surface area contributed by atoms with Crippen LogP contribution in [0.3, 0.4) is 0 Å². The van der Waals surface area contributed by atoms with Crippen LogP contribution in [0.1, 0.15) is 56.1 Å². The molecular weight excluding hydrogens is 408 g/mol. The number of anilines is 1. The lowest BCUT2D eigenvalue weighted by molar-refractivity contribution is -0.124. The molecule has 4 heteroatoms. The van der Waals surface area contributed by atoms with Gasteiger partial charge in [-0.1, -0.05) is 30.3 Å². The van der Waals surface area contributed by atoms with Gasteiger partial charge in [0, 0.05) is 29.1 Å². The van der Waals surface area contributed by atoms with Gasteiger partial charge in [0.25, 0.3) is 5.56 Å². The maximum atomic E-state index is 13.2. The third-order valence-electron chi connectivity index (χ3n) is 8.60. The van der Waals surface area contributed by atoms with Crippen molar-refractivity contribution >= 4 is 22.4 Å². The van der Waals surface area contributed by atoms with Gasteiger partial charge >= 0.3 is 0 Å². The first-order valence-corrected chi connectivity index (χ1v) is 12.4. The van der Waals surface area contributed by atoms with Gasteiger partial charge in [-0.2, -0.15) is 0 Å². The first kappa shape index (κ1) is 20.7. The monoisotopic (exact) mass is 440 g/mol. The Hall–Kier alpha value is -2.88. The Kier molecular flexibility index (Phi) is 4.93. The number of aromatic nitrogens is 1. The molecule has 0 spiro atoms. The molecule has 170 valence electrons. The zero-order chi connectivity index (χ0) is 22.6. The largest absolute Gasteiger partial charge is 0.325 e. The number of rotatable bonds is 5. The van der Waals surface area contributed by atoms with Crippen LogP contribution in [0.15, 0.2) is 59.5 Å². The second-order valence-electron chi connectivity index (χ2n) is 11.1. The maximum absolute atomic E-state index is 13.2. The van der Waals surface area contributed by atoms with Crippen molar-refractivity contribution in [3.63, 3.8) is 0 Å². The Labute approximate surface area is 195 Å². The lowest BCUT2D eigenvalue weighted by Gasteiger charge is -2.56. The van der Waals surface area contributed by atoms with Crippen molar-refractivity contribution in [3.05, 3.63) is 76.2 Å². The van der Waals surface area contributed by atoms with Crippen LogP contribution in [0.4, 0.5) is 5.69 Å². The number of hydrogen-bond donors (Lipinski definition) is 1. The molecule has 4 nitrogen and oxygen atoms in total. The van der Waals surface area contributed by atoms with Gasteiger partial charge in [0.1, 0.15) is 0 Å². The van der Waals surface area contributed by atoms with Gasteiger partial charge in [-0.25, -0.2) is 0 Å². The van der Waals surface area contributed by atoms with Crippen molar-refractivity contribution in [2.24, 2.45) is 23.2 Å². The van der Waals surface area contributed by atoms with Crippen molar-refractivity contribution in [1.29, 1.82) is 0 Å². The van der Waals surface area contributed by atoms with Gasteiger partial charge in [-0.05, 0) is 97.9 Å². The van der Waals surface area contributed by atoms with Crippen molar-refractivity contribution in [2.45, 2.75) is 58.4 Å². The number of nitrogens with zero attached hydrogens (tertiary/aromatic N) is 1. The van der Waals surface area contributed by atoms with E-state index >= 15 is 0 Å². The molecule has 1 amide bonds. The summed E-state index contributed by atoms with van der Waals surface area (Å²) in [6, 6.07) is 15.8. The molecule has 4 aliphatic carbocycles. The number of hydrogen-bond acceptors (Lipinski definition) is 2. The number of carbonyl (C=O) groups is 1. The quantitative estimate of drug-likeness (QED) is 0.537. The van der Waals surface area contributed by atoms with Crippen LogP contribution < -0.4 is 10.9 Å². The van der Waals surface area contributed by atoms with Crippen LogP contribution >= 0.6 is 0 Å². The summed E-state index contributed by atoms with van der Waals surface area (Å²) in [7, 11) is 0. The highest BCUT2D eigenvalue weighted by molar-refractivity contribution is 6.02. The molecule has 7 rings (SSSR count). The second kappa shape index (κ2) is 7.86. The summed E-state index contributed by atoms with van der Waals surface area (Å²) in [5, 5.41) is 4.65. The van der Waals surface area contributed by atoms with Gasteiger partial charge in [-0.3, -0.25) is 9.59 Å². The summed E-state index contributed by atoms with van der Waals surface area (Å²) in [5.41, 5.74) is 3.26. The van der Waals surface area contributed by atoms with Gasteiger partial charge in [0.15, 0.2) is 0 Å². The minimum absolute atomic E-state index is 0.0204. The van der Waals surface area contributed by atoms with E-state index in [4.69, 9.17) is 0 Å². The highest BCUT2D eigenvalue weighted by Crippen LogP contribution is 2.61. The number of carbonyl (C=O) groups excluding carboxylic acids is 1. The Bertz CT molecular complexity index is 1250. The Morgan fingerprint density at radius 2 is 1.64 bits per heavy atom. The molecule has 1 aromatic heterocycles. The van der Waals surface area contributed by atoms with Crippen molar-refractivity contribution in [1.82, 2.24) is 4.57 Å². The zero-order valence-electron chi connectivity index (χ0n) is 19.3. The molecule has 0 radical (unpaired) electrons. The molecule has 0 atom stereocenters. The zero-order valence-corrected chi connectivity index (χ0v) is 19.3. The van der Waals surface area contributed by atoms with Crippen LogP contribution in [0, 0.1) is 30.1 Å². The van der Waals surface area contributed by atoms with Crippen LogP contribution in [0.2, 0.25) is 0 Å². The minimum Gasteiger partial charge on any atom is -0.325 e. The predicted molar refractivity (Wildman–Crippen MR) is 132 cm³/mol. The van der Waals surface area contributed by atoms with Gasteiger partial charge in [-0.15, -0.1) is 0 Å². The van der Waals surface area contributed by atoms with E-state index in [-0.39, 0.29) is 16.9 Å². The van der Waals surface area contributed by atoms with E-state index < -0.39 is 0 Å². The molecule has 3 aromatic rings. The van der Waals surface area contributed by atoms with Crippen molar-refractivity contribution in [2.75, 3.05) is 5.32 Å². The molecule has 1 heterocycles. The van der Waals surface area contributed by atoms with E-state index in [1.54, 1.807) is 4.57 Å². The molecule has 0 aliphatic heterocycles. The van der Waals surface area contributed by atoms with Gasteiger partial charge in [0.2, 0.25) is 5.91 Å². The number of amides is 1. The third kappa shape index (κ3) is 3.80. The second-order valence-corrected chi connectivity index (χ2v) is 11.1. The molecule has 0 saturated heterocycles. The van der Waals surface area contributed by atoms with Crippen LogP contribution in [0.25, 0.3) is 10.8 Å². The number of benzene rings is 2. The van der Waals surface area contributed by atoms with Crippen LogP contribution in [-0.4, -0.2) is 10.5 Å². The SMILES string of the molecule is Cc1ccccc1Cn1ccc2c(NC(=O)CC34CC5CC(CC(C5)C3)C4)cccc2c1=O. The summed E-state index contributed by atoms with van der Waals surface area (Å²) in [6.45, 7) is 2.61. The number of nitrogens with one attached hydrogen (secondary N) is 1. The first-order valence-electron chi connectivity index (χ1n) is 12.4. The third-order valence-corrected chi connectivity index (χ3v) is 8.60. The number of pyridine rings is 1. The van der Waals surface area contributed by atoms with E-state index in [1.165, 1.54) is 44.1 Å². The fourth-order valence-electron chi connectivity index (χ4n) is 7.56. The molecule has 33 heavy (non-hydrogen) atoms. The van der Waals surface area contributed by atoms with Gasteiger partial charge < -0.3 is 9.88 Å². The first-order chi connectivity index (χ1) is 16.0. The Morgan fingerprint density at radius 1 is 0.939 bits per heavy atom. The Morgan fingerprint density at radius 3 is 2.33 bits per heavy atom. The summed E-state index contributed by atoms with van der Waals surface area (Å²) >= 11 is 0.